The Morgan fingerprint density at radius 3 is 2.50 bits per heavy atom. The molecule has 4 nitrogen and oxygen atoms in total. The molecule has 1 saturated heterocycles. The van der Waals surface area contributed by atoms with Gasteiger partial charge in [0.05, 0.1) is 0 Å². The molecule has 0 atom stereocenters. The number of hydrogen-bond donors (Lipinski definition) is 2. The average molecular weight is 388 g/mol. The Kier molecular flexibility index (Phi) is 6.25. The molecule has 3 rings (SSSR count). The van der Waals surface area contributed by atoms with Crippen molar-refractivity contribution in [2.45, 2.75) is 26.3 Å². The summed E-state index contributed by atoms with van der Waals surface area (Å²) in [6.07, 6.45) is 2.58. The molecule has 1 heterocycles. The summed E-state index contributed by atoms with van der Waals surface area (Å²) >= 11 is 11.3. The molecule has 0 aromatic heterocycles. The largest absolute Gasteiger partial charge is 0.332 e. The van der Waals surface area contributed by atoms with Gasteiger partial charge in [-0.05, 0) is 80.5 Å². The second-order valence-electron chi connectivity index (χ2n) is 6.55. The fourth-order valence-electron chi connectivity index (χ4n) is 2.96. The Morgan fingerprint density at radius 2 is 1.85 bits per heavy atom. The highest BCUT2D eigenvalue weighted by Crippen LogP contribution is 2.17. The Hall–Kier alpha value is -1.95. The number of amides is 1. The van der Waals surface area contributed by atoms with E-state index in [4.69, 9.17) is 23.8 Å². The second kappa shape index (κ2) is 8.62. The van der Waals surface area contributed by atoms with Crippen molar-refractivity contribution in [1.82, 2.24) is 10.2 Å². The van der Waals surface area contributed by atoms with Crippen molar-refractivity contribution >= 4 is 40.5 Å². The summed E-state index contributed by atoms with van der Waals surface area (Å²) in [4.78, 5) is 14.7. The Morgan fingerprint density at radius 1 is 1.15 bits per heavy atom. The number of hydrogen-bond acceptors (Lipinski definition) is 3. The summed E-state index contributed by atoms with van der Waals surface area (Å²) in [5.41, 5.74) is 3.53. The van der Waals surface area contributed by atoms with Crippen molar-refractivity contribution in [3.63, 3.8) is 0 Å². The number of anilines is 1. The Labute approximate surface area is 164 Å². The molecular weight excluding hydrogens is 366 g/mol. The minimum atomic E-state index is -0.282. The summed E-state index contributed by atoms with van der Waals surface area (Å²) < 4.78 is 0. The predicted molar refractivity (Wildman–Crippen MR) is 111 cm³/mol. The van der Waals surface area contributed by atoms with Crippen LogP contribution < -0.4 is 10.6 Å². The Balaban J connectivity index is 1.53. The van der Waals surface area contributed by atoms with Crippen LogP contribution in [0.4, 0.5) is 5.69 Å². The molecule has 26 heavy (non-hydrogen) atoms. The van der Waals surface area contributed by atoms with E-state index in [0.29, 0.717) is 10.6 Å². The normalized spacial score (nSPS) is 14.2. The number of halogens is 1. The molecule has 136 valence electrons. The van der Waals surface area contributed by atoms with Crippen LogP contribution in [0, 0.1) is 6.92 Å². The van der Waals surface area contributed by atoms with Crippen LogP contribution >= 0.6 is 23.8 Å². The third-order valence-electron chi connectivity index (χ3n) is 4.48. The molecule has 2 aromatic rings. The lowest BCUT2D eigenvalue weighted by Gasteiger charge is -2.15. The van der Waals surface area contributed by atoms with Crippen molar-refractivity contribution < 1.29 is 4.79 Å². The van der Waals surface area contributed by atoms with E-state index in [1.165, 1.54) is 31.5 Å². The predicted octanol–water partition coefficient (Wildman–Crippen LogP) is 4.37. The van der Waals surface area contributed by atoms with Crippen LogP contribution in [0.25, 0.3) is 0 Å². The third kappa shape index (κ3) is 5.04. The van der Waals surface area contributed by atoms with Gasteiger partial charge < -0.3 is 5.32 Å². The zero-order valence-electron chi connectivity index (χ0n) is 14.7. The lowest BCUT2D eigenvalue weighted by atomic mass is 10.1. The highest BCUT2D eigenvalue weighted by molar-refractivity contribution is 7.80. The van der Waals surface area contributed by atoms with Gasteiger partial charge in [0.2, 0.25) is 0 Å². The van der Waals surface area contributed by atoms with E-state index in [9.17, 15) is 4.79 Å². The minimum Gasteiger partial charge on any atom is -0.332 e. The van der Waals surface area contributed by atoms with E-state index in [-0.39, 0.29) is 11.0 Å². The maximum atomic E-state index is 12.3. The van der Waals surface area contributed by atoms with Crippen LogP contribution in [0.2, 0.25) is 5.02 Å². The van der Waals surface area contributed by atoms with Gasteiger partial charge in [-0.15, -0.1) is 0 Å². The fourth-order valence-corrected chi connectivity index (χ4v) is 3.36. The van der Waals surface area contributed by atoms with Gasteiger partial charge in [0.15, 0.2) is 5.11 Å². The first kappa shape index (κ1) is 18.8. The quantitative estimate of drug-likeness (QED) is 0.764. The molecule has 1 aliphatic rings. The number of aryl methyl sites for hydroxylation is 1. The highest BCUT2D eigenvalue weighted by atomic mass is 35.5. The zero-order valence-corrected chi connectivity index (χ0v) is 16.3. The molecule has 0 spiro atoms. The maximum Gasteiger partial charge on any atom is 0.257 e. The molecule has 1 amide bonds. The van der Waals surface area contributed by atoms with Crippen LogP contribution in [-0.4, -0.2) is 29.0 Å². The first-order chi connectivity index (χ1) is 12.5. The zero-order chi connectivity index (χ0) is 18.5. The van der Waals surface area contributed by atoms with Crippen molar-refractivity contribution in [2.24, 2.45) is 0 Å². The van der Waals surface area contributed by atoms with E-state index < -0.39 is 0 Å². The summed E-state index contributed by atoms with van der Waals surface area (Å²) in [6.45, 7) is 5.23. The number of thiocarbonyl (C=S) groups is 1. The molecule has 1 fully saturated rings. The monoisotopic (exact) mass is 387 g/mol. The highest BCUT2D eigenvalue weighted by Gasteiger charge is 2.12. The van der Waals surface area contributed by atoms with Crippen molar-refractivity contribution in [3.05, 3.63) is 64.2 Å². The topological polar surface area (TPSA) is 44.4 Å². The van der Waals surface area contributed by atoms with Crippen LogP contribution in [-0.2, 0) is 6.54 Å². The maximum absolute atomic E-state index is 12.3. The van der Waals surface area contributed by atoms with Crippen molar-refractivity contribution in [3.8, 4) is 0 Å². The van der Waals surface area contributed by atoms with Gasteiger partial charge in [-0.3, -0.25) is 15.0 Å². The van der Waals surface area contributed by atoms with E-state index in [2.05, 4.69) is 27.7 Å². The molecule has 2 N–H and O–H groups in total. The number of nitrogens with one attached hydrogen (secondary N) is 2. The Bertz CT molecular complexity index is 801. The molecule has 0 radical (unpaired) electrons. The number of nitrogens with zero attached hydrogens (tertiary/aromatic N) is 1. The number of carbonyl (C=O) groups is 1. The van der Waals surface area contributed by atoms with Gasteiger partial charge >= 0.3 is 0 Å². The summed E-state index contributed by atoms with van der Waals surface area (Å²) in [6, 6.07) is 13.3. The van der Waals surface area contributed by atoms with Crippen LogP contribution in [0.3, 0.4) is 0 Å². The van der Waals surface area contributed by atoms with Gasteiger partial charge in [-0.2, -0.15) is 0 Å². The summed E-state index contributed by atoms with van der Waals surface area (Å²) in [7, 11) is 0. The van der Waals surface area contributed by atoms with E-state index in [0.717, 1.165) is 17.8 Å². The smallest absolute Gasteiger partial charge is 0.257 e. The van der Waals surface area contributed by atoms with Gasteiger partial charge in [-0.1, -0.05) is 29.8 Å². The van der Waals surface area contributed by atoms with Crippen molar-refractivity contribution in [1.29, 1.82) is 0 Å². The first-order valence-corrected chi connectivity index (χ1v) is 9.50. The van der Waals surface area contributed by atoms with Gasteiger partial charge in [0.25, 0.3) is 5.91 Å². The molecule has 0 aliphatic carbocycles. The number of likely N-dealkylation sites (tertiary alicyclic amines) is 1. The second-order valence-corrected chi connectivity index (χ2v) is 7.37. The summed E-state index contributed by atoms with van der Waals surface area (Å²) in [5, 5.41) is 6.54. The molecule has 0 unspecified atom stereocenters. The van der Waals surface area contributed by atoms with Gasteiger partial charge in [-0.25, -0.2) is 0 Å². The first-order valence-electron chi connectivity index (χ1n) is 8.71. The molecular formula is C20H22ClN3OS. The van der Waals surface area contributed by atoms with E-state index in [1.807, 2.05) is 25.1 Å². The number of rotatable bonds is 4. The van der Waals surface area contributed by atoms with Gasteiger partial charge in [0.1, 0.15) is 0 Å². The number of carbonyl (C=O) groups excluding carboxylic acids is 1. The number of benzene rings is 2. The molecule has 0 bridgehead atoms. The molecule has 1 aliphatic heterocycles. The standard InChI is InChI=1S/C20H22ClN3OS/c1-14-4-7-16(12-18(14)21)19(25)23-20(26)22-17-8-5-15(6-9-17)13-24-10-2-3-11-24/h4-9,12H,2-3,10-11,13H2,1H3,(H2,22,23,25,26). The van der Waals surface area contributed by atoms with E-state index >= 15 is 0 Å². The molecule has 0 saturated carbocycles. The summed E-state index contributed by atoms with van der Waals surface area (Å²) in [5.74, 6) is -0.282. The van der Waals surface area contributed by atoms with E-state index in [1.54, 1.807) is 12.1 Å². The van der Waals surface area contributed by atoms with Crippen LogP contribution in [0.1, 0.15) is 34.3 Å². The lowest BCUT2D eigenvalue weighted by molar-refractivity contribution is 0.0977. The van der Waals surface area contributed by atoms with Crippen molar-refractivity contribution in [2.75, 3.05) is 18.4 Å². The third-order valence-corrected chi connectivity index (χ3v) is 5.09. The average Bonchev–Trinajstić information content (AvgIpc) is 3.12. The fraction of sp³-hybridized carbons (Fsp3) is 0.300. The molecule has 6 heteroatoms. The SMILES string of the molecule is Cc1ccc(C(=O)NC(=S)Nc2ccc(CN3CCCC3)cc2)cc1Cl. The lowest BCUT2D eigenvalue weighted by Crippen LogP contribution is -2.34. The van der Waals surface area contributed by atoms with Crippen LogP contribution in [0.15, 0.2) is 42.5 Å². The van der Waals surface area contributed by atoms with Gasteiger partial charge in [0, 0.05) is 22.8 Å². The minimum absolute atomic E-state index is 0.263. The van der Waals surface area contributed by atoms with Crippen LogP contribution in [0.5, 0.6) is 0 Å². The molecule has 2 aromatic carbocycles.